The minimum Gasteiger partial charge on any atom is -0.310 e. The van der Waals surface area contributed by atoms with E-state index in [1.165, 1.54) is 88.2 Å². The molecule has 0 amide bonds. The Bertz CT molecular complexity index is 4150. The van der Waals surface area contributed by atoms with E-state index in [4.69, 9.17) is 0 Å². The topological polar surface area (TPSA) is 8.17 Å². The van der Waals surface area contributed by atoms with Crippen molar-refractivity contribution in [2.24, 2.45) is 0 Å². The highest BCUT2D eigenvalue weighted by Gasteiger charge is 2.46. The molecule has 13 aromatic rings. The third-order valence-electron chi connectivity index (χ3n) is 15.2. The van der Waals surface area contributed by atoms with Gasteiger partial charge in [0.2, 0.25) is 0 Å². The van der Waals surface area contributed by atoms with Gasteiger partial charge in [-0.2, -0.15) is 0 Å². The highest BCUT2D eigenvalue weighted by atomic mass is 15.1. The Labute approximate surface area is 426 Å². The Morgan fingerprint density at radius 3 is 1.56 bits per heavy atom. The number of anilines is 3. The number of aromatic nitrogens is 1. The van der Waals surface area contributed by atoms with Crippen LogP contribution in [0.15, 0.2) is 291 Å². The van der Waals surface area contributed by atoms with Crippen molar-refractivity contribution in [2.75, 3.05) is 4.90 Å². The molecule has 12 aromatic carbocycles. The van der Waals surface area contributed by atoms with Crippen LogP contribution in [0.3, 0.4) is 0 Å². The molecule has 0 N–H and O–H groups in total. The van der Waals surface area contributed by atoms with Gasteiger partial charge in [0, 0.05) is 33.5 Å². The summed E-state index contributed by atoms with van der Waals surface area (Å²) in [6.45, 7) is 0. The molecule has 0 saturated heterocycles. The summed E-state index contributed by atoms with van der Waals surface area (Å²) in [5.41, 5.74) is 21.0. The number of nitrogens with zero attached hydrogens (tertiary/aromatic N) is 2. The number of rotatable bonds is 9. The van der Waals surface area contributed by atoms with Gasteiger partial charge in [-0.25, -0.2) is 0 Å². The standard InChI is InChI=1S/C71H48N2/c1-4-18-49(19-5-1)51-34-38-59(39-35-51)73-69-33-15-13-31-65(69)66-47-56(37-43-70(66)73)53-23-16-22-52(44-53)55-24-17-29-60(46-55)72(61-40-36-50-20-10-11-21-54(50)45-61)62-41-42-64-63-30-12-14-32-67(63)71(68(64)48-62,57-25-6-2-7-26-57)58-27-8-3-9-28-58/h1-48H. The maximum absolute atomic E-state index is 2.46. The van der Waals surface area contributed by atoms with Gasteiger partial charge in [-0.1, -0.05) is 218 Å². The molecule has 0 unspecified atom stereocenters. The van der Waals surface area contributed by atoms with Gasteiger partial charge < -0.3 is 9.47 Å². The molecule has 0 atom stereocenters. The summed E-state index contributed by atoms with van der Waals surface area (Å²) in [6.07, 6.45) is 0. The second kappa shape index (κ2) is 17.4. The van der Waals surface area contributed by atoms with E-state index >= 15 is 0 Å². The maximum Gasteiger partial charge on any atom is 0.0714 e. The van der Waals surface area contributed by atoms with Gasteiger partial charge in [-0.15, -0.1) is 0 Å². The average Bonchev–Trinajstić information content (AvgIpc) is 3.97. The zero-order chi connectivity index (χ0) is 48.3. The lowest BCUT2D eigenvalue weighted by atomic mass is 9.67. The predicted molar refractivity (Wildman–Crippen MR) is 307 cm³/mol. The van der Waals surface area contributed by atoms with Gasteiger partial charge in [-0.3, -0.25) is 0 Å². The van der Waals surface area contributed by atoms with E-state index in [-0.39, 0.29) is 0 Å². The Morgan fingerprint density at radius 2 is 0.795 bits per heavy atom. The summed E-state index contributed by atoms with van der Waals surface area (Å²) < 4.78 is 2.40. The van der Waals surface area contributed by atoms with Crippen LogP contribution in [0.1, 0.15) is 22.3 Å². The van der Waals surface area contributed by atoms with E-state index in [9.17, 15) is 0 Å². The van der Waals surface area contributed by atoms with Crippen LogP contribution in [-0.2, 0) is 5.41 Å². The SMILES string of the molecule is c1ccc(-c2ccc(-n3c4ccccc4c4cc(-c5cccc(-c6cccc(N(c7ccc8c(c7)C(c7ccccc7)(c7ccccc7)c7ccccc7-8)c7ccc8ccccc8c7)c6)c5)ccc43)cc2)cc1. The summed E-state index contributed by atoms with van der Waals surface area (Å²) in [7, 11) is 0. The molecule has 0 fully saturated rings. The fourth-order valence-electron chi connectivity index (χ4n) is 11.9. The van der Waals surface area contributed by atoms with Crippen LogP contribution in [0.25, 0.3) is 82.8 Å². The molecule has 73 heavy (non-hydrogen) atoms. The molecule has 14 rings (SSSR count). The Kier molecular flexibility index (Phi) is 10.1. The third kappa shape index (κ3) is 7.02. The largest absolute Gasteiger partial charge is 0.310 e. The zero-order valence-electron chi connectivity index (χ0n) is 40.1. The smallest absolute Gasteiger partial charge is 0.0714 e. The first-order chi connectivity index (χ1) is 36.2. The minimum atomic E-state index is -0.520. The number of para-hydroxylation sites is 1. The van der Waals surface area contributed by atoms with Crippen molar-refractivity contribution in [3.05, 3.63) is 313 Å². The van der Waals surface area contributed by atoms with Gasteiger partial charge in [-0.05, 0) is 150 Å². The van der Waals surface area contributed by atoms with Gasteiger partial charge in [0.1, 0.15) is 0 Å². The van der Waals surface area contributed by atoms with E-state index < -0.39 is 5.41 Å². The Balaban J connectivity index is 0.885. The molecule has 0 spiro atoms. The van der Waals surface area contributed by atoms with E-state index in [1.54, 1.807) is 0 Å². The van der Waals surface area contributed by atoms with Crippen LogP contribution >= 0.6 is 0 Å². The molecular weight excluding hydrogens is 881 g/mol. The first-order valence-corrected chi connectivity index (χ1v) is 25.2. The van der Waals surface area contributed by atoms with E-state index in [2.05, 4.69) is 301 Å². The molecule has 0 radical (unpaired) electrons. The number of hydrogen-bond donors (Lipinski definition) is 0. The van der Waals surface area contributed by atoms with Crippen molar-refractivity contribution in [2.45, 2.75) is 5.41 Å². The van der Waals surface area contributed by atoms with Gasteiger partial charge in [0.05, 0.1) is 16.4 Å². The molecule has 0 bridgehead atoms. The fourth-order valence-corrected chi connectivity index (χ4v) is 11.9. The quantitative estimate of drug-likeness (QED) is 0.140. The minimum absolute atomic E-state index is 0.520. The number of benzene rings is 12. The Hall–Kier alpha value is -9.50. The number of hydrogen-bond acceptors (Lipinski definition) is 1. The van der Waals surface area contributed by atoms with Crippen molar-refractivity contribution in [3.8, 4) is 50.2 Å². The summed E-state index contributed by atoms with van der Waals surface area (Å²) in [6, 6.07) is 107. The van der Waals surface area contributed by atoms with Crippen molar-refractivity contribution >= 4 is 49.6 Å². The number of fused-ring (bicyclic) bond motifs is 7. The molecule has 1 aliphatic rings. The summed E-state index contributed by atoms with van der Waals surface area (Å²) >= 11 is 0. The molecule has 1 heterocycles. The second-order valence-electron chi connectivity index (χ2n) is 19.3. The van der Waals surface area contributed by atoms with Gasteiger partial charge in [0.15, 0.2) is 0 Å². The van der Waals surface area contributed by atoms with Crippen LogP contribution < -0.4 is 4.90 Å². The normalized spacial score (nSPS) is 12.5. The highest BCUT2D eigenvalue weighted by molar-refractivity contribution is 6.10. The van der Waals surface area contributed by atoms with Crippen molar-refractivity contribution < 1.29 is 0 Å². The molecule has 1 aliphatic carbocycles. The molecule has 2 heteroatoms. The van der Waals surface area contributed by atoms with Crippen LogP contribution in [0, 0.1) is 0 Å². The first-order valence-electron chi connectivity index (χ1n) is 25.2. The molecular formula is C71H48N2. The molecule has 0 aliphatic heterocycles. The van der Waals surface area contributed by atoms with Crippen LogP contribution in [-0.4, -0.2) is 4.57 Å². The summed E-state index contributed by atoms with van der Waals surface area (Å²) in [4.78, 5) is 2.45. The first kappa shape index (κ1) is 42.4. The average molecular weight is 929 g/mol. The van der Waals surface area contributed by atoms with Crippen LogP contribution in [0.2, 0.25) is 0 Å². The molecule has 2 nitrogen and oxygen atoms in total. The maximum atomic E-state index is 2.46. The zero-order valence-corrected chi connectivity index (χ0v) is 40.1. The Morgan fingerprint density at radius 1 is 0.274 bits per heavy atom. The van der Waals surface area contributed by atoms with Gasteiger partial charge >= 0.3 is 0 Å². The highest BCUT2D eigenvalue weighted by Crippen LogP contribution is 2.57. The van der Waals surface area contributed by atoms with Crippen LogP contribution in [0.4, 0.5) is 17.1 Å². The van der Waals surface area contributed by atoms with Crippen molar-refractivity contribution in [3.63, 3.8) is 0 Å². The molecule has 0 saturated carbocycles. The summed E-state index contributed by atoms with van der Waals surface area (Å²) in [5.74, 6) is 0. The summed E-state index contributed by atoms with van der Waals surface area (Å²) in [5, 5.41) is 4.89. The van der Waals surface area contributed by atoms with E-state index in [1.807, 2.05) is 0 Å². The monoisotopic (exact) mass is 928 g/mol. The second-order valence-corrected chi connectivity index (χ2v) is 19.3. The van der Waals surface area contributed by atoms with Crippen molar-refractivity contribution in [1.29, 1.82) is 0 Å². The molecule has 342 valence electrons. The van der Waals surface area contributed by atoms with E-state index in [0.29, 0.717) is 0 Å². The van der Waals surface area contributed by atoms with Crippen LogP contribution in [0.5, 0.6) is 0 Å². The van der Waals surface area contributed by atoms with Gasteiger partial charge in [0.25, 0.3) is 0 Å². The predicted octanol–water partition coefficient (Wildman–Crippen LogP) is 18.8. The lowest BCUT2D eigenvalue weighted by molar-refractivity contribution is 0.768. The fraction of sp³-hybridized carbons (Fsp3) is 0.0141. The van der Waals surface area contributed by atoms with Crippen molar-refractivity contribution in [1.82, 2.24) is 4.57 Å². The van der Waals surface area contributed by atoms with E-state index in [0.717, 1.165) is 33.9 Å². The molecule has 1 aromatic heterocycles. The lowest BCUT2D eigenvalue weighted by Gasteiger charge is -2.35. The third-order valence-corrected chi connectivity index (χ3v) is 15.2. The lowest BCUT2D eigenvalue weighted by Crippen LogP contribution is -2.28.